The third-order valence-corrected chi connectivity index (χ3v) is 3.27. The summed E-state index contributed by atoms with van der Waals surface area (Å²) >= 11 is 5.77. The van der Waals surface area contributed by atoms with Crippen molar-refractivity contribution in [2.75, 3.05) is 6.54 Å². The first kappa shape index (κ1) is 17.3. The van der Waals surface area contributed by atoms with Gasteiger partial charge in [-0.3, -0.25) is 9.59 Å². The predicted octanol–water partition coefficient (Wildman–Crippen LogP) is 2.34. The highest BCUT2D eigenvalue weighted by Gasteiger charge is 2.39. The number of nitrogens with one attached hydrogen (secondary N) is 1. The SMILES string of the molecule is CC(=O)CC1NC(c2ccc(Cl)cc2)=NN(CC(F)(F)F)C1=O. The number of amides is 1. The minimum Gasteiger partial charge on any atom is -0.356 e. The van der Waals surface area contributed by atoms with Crippen molar-refractivity contribution in [3.8, 4) is 0 Å². The predicted molar refractivity (Wildman–Crippen MR) is 78.0 cm³/mol. The molecule has 5 nitrogen and oxygen atoms in total. The third kappa shape index (κ3) is 4.69. The first-order valence-corrected chi connectivity index (χ1v) is 7.02. The monoisotopic (exact) mass is 347 g/mol. The van der Waals surface area contributed by atoms with Crippen molar-refractivity contribution in [1.29, 1.82) is 0 Å². The van der Waals surface area contributed by atoms with Gasteiger partial charge in [-0.15, -0.1) is 0 Å². The molecule has 0 saturated heterocycles. The second-order valence-corrected chi connectivity index (χ2v) is 5.51. The van der Waals surface area contributed by atoms with Crippen LogP contribution in [0.1, 0.15) is 18.9 Å². The Labute approximate surface area is 135 Å². The van der Waals surface area contributed by atoms with Gasteiger partial charge in [0.15, 0.2) is 5.84 Å². The van der Waals surface area contributed by atoms with E-state index in [0.29, 0.717) is 15.6 Å². The van der Waals surface area contributed by atoms with E-state index in [1.165, 1.54) is 6.92 Å². The lowest BCUT2D eigenvalue weighted by Gasteiger charge is -2.31. The molecular formula is C14H13ClF3N3O2. The summed E-state index contributed by atoms with van der Waals surface area (Å²) in [4.78, 5) is 23.3. The summed E-state index contributed by atoms with van der Waals surface area (Å²) < 4.78 is 37.9. The second kappa shape index (κ2) is 6.57. The maximum atomic E-state index is 12.6. The molecule has 0 aromatic heterocycles. The number of hydrogen-bond acceptors (Lipinski definition) is 4. The number of benzene rings is 1. The van der Waals surface area contributed by atoms with Gasteiger partial charge in [-0.25, -0.2) is 5.01 Å². The van der Waals surface area contributed by atoms with Crippen LogP contribution < -0.4 is 5.32 Å². The maximum Gasteiger partial charge on any atom is 0.408 e. The molecule has 23 heavy (non-hydrogen) atoms. The molecular weight excluding hydrogens is 335 g/mol. The summed E-state index contributed by atoms with van der Waals surface area (Å²) in [7, 11) is 0. The molecule has 1 unspecified atom stereocenters. The van der Waals surface area contributed by atoms with Gasteiger partial charge in [-0.2, -0.15) is 18.3 Å². The van der Waals surface area contributed by atoms with Crippen LogP contribution in [0.25, 0.3) is 0 Å². The number of hydrogen-bond donors (Lipinski definition) is 1. The quantitative estimate of drug-likeness (QED) is 0.909. The van der Waals surface area contributed by atoms with Crippen molar-refractivity contribution in [3.05, 3.63) is 34.9 Å². The highest BCUT2D eigenvalue weighted by atomic mass is 35.5. The average molecular weight is 348 g/mol. The summed E-state index contributed by atoms with van der Waals surface area (Å²) in [6.07, 6.45) is -4.82. The van der Waals surface area contributed by atoms with Crippen molar-refractivity contribution in [2.45, 2.75) is 25.6 Å². The molecule has 1 N–H and O–H groups in total. The lowest BCUT2D eigenvalue weighted by atomic mass is 10.1. The molecule has 0 saturated carbocycles. The Kier molecular flexibility index (Phi) is 4.93. The summed E-state index contributed by atoms with van der Waals surface area (Å²) in [5.41, 5.74) is 0.461. The lowest BCUT2D eigenvalue weighted by molar-refractivity contribution is -0.163. The molecule has 1 aliphatic heterocycles. The Morgan fingerprint density at radius 2 is 1.96 bits per heavy atom. The normalized spacial score (nSPS) is 18.5. The number of hydrazone groups is 1. The second-order valence-electron chi connectivity index (χ2n) is 5.07. The first-order valence-electron chi connectivity index (χ1n) is 6.64. The number of halogens is 4. The molecule has 124 valence electrons. The Balaban J connectivity index is 2.34. The van der Waals surface area contributed by atoms with Gasteiger partial charge in [0.25, 0.3) is 5.91 Å². The molecule has 1 aromatic carbocycles. The summed E-state index contributed by atoms with van der Waals surface area (Å²) in [5.74, 6) is -1.13. The summed E-state index contributed by atoms with van der Waals surface area (Å²) in [6.45, 7) is -0.254. The van der Waals surface area contributed by atoms with E-state index >= 15 is 0 Å². The van der Waals surface area contributed by atoms with Crippen molar-refractivity contribution in [2.24, 2.45) is 5.10 Å². The number of carbonyl (C=O) groups excluding carboxylic acids is 2. The van der Waals surface area contributed by atoms with Crippen molar-refractivity contribution in [3.63, 3.8) is 0 Å². The maximum absolute atomic E-state index is 12.6. The van der Waals surface area contributed by atoms with E-state index in [1.807, 2.05) is 0 Å². The van der Waals surface area contributed by atoms with Crippen molar-refractivity contribution >= 4 is 29.1 Å². The summed E-state index contributed by atoms with van der Waals surface area (Å²) in [5, 5.41) is 7.23. The molecule has 0 bridgehead atoms. The topological polar surface area (TPSA) is 61.8 Å². The van der Waals surface area contributed by atoms with Gasteiger partial charge in [0.1, 0.15) is 18.4 Å². The zero-order valence-electron chi connectivity index (χ0n) is 12.0. The van der Waals surface area contributed by atoms with Crippen LogP contribution in [0.3, 0.4) is 0 Å². The molecule has 1 aromatic rings. The number of rotatable bonds is 4. The minimum atomic E-state index is -4.59. The largest absolute Gasteiger partial charge is 0.408 e. The standard InChI is InChI=1S/C14H13ClF3N3O2/c1-8(22)6-11-13(23)21(7-14(16,17)18)20-12(19-11)9-2-4-10(15)5-3-9/h2-5,11H,6-7H2,1H3,(H,19,20). The molecule has 9 heteroatoms. The molecule has 1 heterocycles. The lowest BCUT2D eigenvalue weighted by Crippen LogP contribution is -2.54. The van der Waals surface area contributed by atoms with Crippen LogP contribution in [-0.4, -0.2) is 41.3 Å². The van der Waals surface area contributed by atoms with Crippen molar-refractivity contribution in [1.82, 2.24) is 10.3 Å². The van der Waals surface area contributed by atoms with Crippen LogP contribution in [-0.2, 0) is 9.59 Å². The van der Waals surface area contributed by atoms with Gasteiger partial charge in [0.2, 0.25) is 0 Å². The first-order chi connectivity index (χ1) is 10.7. The molecule has 2 rings (SSSR count). The molecule has 0 spiro atoms. The smallest absolute Gasteiger partial charge is 0.356 e. The Hall–Kier alpha value is -2.09. The molecule has 0 radical (unpaired) electrons. The fourth-order valence-corrected chi connectivity index (χ4v) is 2.19. The number of Topliss-reactive ketones (excluding diaryl/α,β-unsaturated/α-hetero) is 1. The number of amidine groups is 1. The van der Waals surface area contributed by atoms with Gasteiger partial charge in [-0.05, 0) is 31.2 Å². The van der Waals surface area contributed by atoms with Crippen LogP contribution in [0.2, 0.25) is 5.02 Å². The third-order valence-electron chi connectivity index (χ3n) is 3.02. The highest BCUT2D eigenvalue weighted by molar-refractivity contribution is 6.30. The number of ketones is 1. The molecule has 1 aliphatic rings. The van der Waals surface area contributed by atoms with Crippen molar-refractivity contribution < 1.29 is 22.8 Å². The zero-order chi connectivity index (χ0) is 17.2. The van der Waals surface area contributed by atoms with Crippen LogP contribution in [0.4, 0.5) is 13.2 Å². The summed E-state index contributed by atoms with van der Waals surface area (Å²) in [6, 6.07) is 5.12. The molecule has 1 amide bonds. The Bertz CT molecular complexity index is 644. The number of alkyl halides is 3. The van der Waals surface area contributed by atoms with Crippen LogP contribution in [0, 0.1) is 0 Å². The molecule has 0 aliphatic carbocycles. The van der Waals surface area contributed by atoms with Crippen LogP contribution in [0.5, 0.6) is 0 Å². The minimum absolute atomic E-state index is 0.0803. The van der Waals surface area contributed by atoms with E-state index in [0.717, 1.165) is 0 Å². The molecule has 0 fully saturated rings. The van der Waals surface area contributed by atoms with Crippen LogP contribution >= 0.6 is 11.6 Å². The number of nitrogens with zero attached hydrogens (tertiary/aromatic N) is 2. The van der Waals surface area contributed by atoms with E-state index in [4.69, 9.17) is 11.6 Å². The Morgan fingerprint density at radius 1 is 1.35 bits per heavy atom. The van der Waals surface area contributed by atoms with E-state index in [1.54, 1.807) is 24.3 Å². The molecule has 1 atom stereocenters. The fourth-order valence-electron chi connectivity index (χ4n) is 2.06. The van der Waals surface area contributed by atoms with Gasteiger partial charge in [0, 0.05) is 17.0 Å². The van der Waals surface area contributed by atoms with Gasteiger partial charge >= 0.3 is 6.18 Å². The van der Waals surface area contributed by atoms with Gasteiger partial charge in [0.05, 0.1) is 0 Å². The van der Waals surface area contributed by atoms with E-state index in [9.17, 15) is 22.8 Å². The van der Waals surface area contributed by atoms with Crippen LogP contribution in [0.15, 0.2) is 29.4 Å². The average Bonchev–Trinajstić information content (AvgIpc) is 2.42. The highest BCUT2D eigenvalue weighted by Crippen LogP contribution is 2.21. The van der Waals surface area contributed by atoms with Gasteiger partial charge in [-0.1, -0.05) is 11.6 Å². The van der Waals surface area contributed by atoms with Gasteiger partial charge < -0.3 is 5.32 Å². The van der Waals surface area contributed by atoms with E-state index in [2.05, 4.69) is 10.4 Å². The van der Waals surface area contributed by atoms with E-state index < -0.39 is 24.7 Å². The Morgan fingerprint density at radius 3 is 2.48 bits per heavy atom. The fraction of sp³-hybridized carbons (Fsp3) is 0.357. The van der Waals surface area contributed by atoms with E-state index in [-0.39, 0.29) is 18.0 Å². The number of carbonyl (C=O) groups is 2. The zero-order valence-corrected chi connectivity index (χ0v) is 12.8.